The molecule has 0 saturated heterocycles. The van der Waals surface area contributed by atoms with Gasteiger partial charge in [-0.2, -0.15) is 0 Å². The zero-order chi connectivity index (χ0) is 21.3. The van der Waals surface area contributed by atoms with Crippen molar-refractivity contribution in [3.8, 4) is 0 Å². The molecule has 0 radical (unpaired) electrons. The van der Waals surface area contributed by atoms with Crippen LogP contribution >= 0.6 is 0 Å². The molecule has 0 spiro atoms. The maximum Gasteiger partial charge on any atom is 0.108 e. The van der Waals surface area contributed by atoms with Gasteiger partial charge in [0.1, 0.15) is 5.82 Å². The van der Waals surface area contributed by atoms with E-state index in [1.54, 1.807) is 0 Å². The summed E-state index contributed by atoms with van der Waals surface area (Å²) in [7, 11) is 0. The zero-order valence-corrected chi connectivity index (χ0v) is 19.9. The Balaban J connectivity index is 1.80. The van der Waals surface area contributed by atoms with Gasteiger partial charge in [0, 0.05) is 19.2 Å². The summed E-state index contributed by atoms with van der Waals surface area (Å²) in [6.45, 7) is 5.74. The molecule has 1 aromatic carbocycles. The molecule has 168 valence electrons. The molecule has 1 heterocycles. The van der Waals surface area contributed by atoms with E-state index >= 15 is 0 Å². The quantitative estimate of drug-likeness (QED) is 0.226. The van der Waals surface area contributed by atoms with Gasteiger partial charge in [-0.05, 0) is 37.7 Å². The van der Waals surface area contributed by atoms with E-state index in [4.69, 9.17) is 4.98 Å². The van der Waals surface area contributed by atoms with Gasteiger partial charge in [0.15, 0.2) is 0 Å². The standard InChI is InChI=1S/C28H46N2/c1-3-5-7-9-11-16-23-28-29-27(22-18-21-26-19-14-13-15-20-26)25-30(28)24-17-12-10-8-6-4-2/h13-15,19-20,25H,3-12,16-18,21-24H2,1-2H3. The Morgan fingerprint density at radius 3 is 1.97 bits per heavy atom. The molecule has 0 bridgehead atoms. The maximum absolute atomic E-state index is 5.07. The molecule has 0 unspecified atom stereocenters. The third-order valence-corrected chi connectivity index (χ3v) is 6.16. The van der Waals surface area contributed by atoms with Crippen LogP contribution in [0.3, 0.4) is 0 Å². The summed E-state index contributed by atoms with van der Waals surface area (Å²) in [5, 5.41) is 0. The van der Waals surface area contributed by atoms with E-state index in [9.17, 15) is 0 Å². The second kappa shape index (κ2) is 16.2. The monoisotopic (exact) mass is 410 g/mol. The molecule has 0 fully saturated rings. The van der Waals surface area contributed by atoms with E-state index in [0.717, 1.165) is 25.8 Å². The molecule has 2 nitrogen and oxygen atoms in total. The first-order valence-corrected chi connectivity index (χ1v) is 12.9. The predicted octanol–water partition coefficient (Wildman–Crippen LogP) is 8.32. The van der Waals surface area contributed by atoms with Crippen molar-refractivity contribution in [3.05, 3.63) is 53.6 Å². The Hall–Kier alpha value is -1.57. The first-order chi connectivity index (χ1) is 14.8. The Morgan fingerprint density at radius 1 is 0.633 bits per heavy atom. The van der Waals surface area contributed by atoms with Gasteiger partial charge >= 0.3 is 0 Å². The van der Waals surface area contributed by atoms with Crippen LogP contribution in [0.4, 0.5) is 0 Å². The van der Waals surface area contributed by atoms with Crippen molar-refractivity contribution in [2.45, 2.75) is 123 Å². The number of hydrogen-bond donors (Lipinski definition) is 0. The van der Waals surface area contributed by atoms with Gasteiger partial charge < -0.3 is 4.57 Å². The molecule has 0 aliphatic heterocycles. The van der Waals surface area contributed by atoms with Crippen LogP contribution < -0.4 is 0 Å². The Labute approximate surface area is 186 Å². The summed E-state index contributed by atoms with van der Waals surface area (Å²) >= 11 is 0. The second-order valence-corrected chi connectivity index (χ2v) is 8.97. The van der Waals surface area contributed by atoms with E-state index in [2.05, 4.69) is 54.9 Å². The largest absolute Gasteiger partial charge is 0.335 e. The molecule has 2 heteroatoms. The minimum Gasteiger partial charge on any atom is -0.335 e. The average molecular weight is 411 g/mol. The molecular formula is C28H46N2. The fourth-order valence-corrected chi connectivity index (χ4v) is 4.27. The third-order valence-electron chi connectivity index (χ3n) is 6.16. The fourth-order valence-electron chi connectivity index (χ4n) is 4.27. The lowest BCUT2D eigenvalue weighted by molar-refractivity contribution is 0.536. The SMILES string of the molecule is CCCCCCCCc1nc(CCCc2ccccc2)cn1CCCCCCCC. The highest BCUT2D eigenvalue weighted by atomic mass is 15.1. The van der Waals surface area contributed by atoms with Crippen LogP contribution in [0, 0.1) is 0 Å². The van der Waals surface area contributed by atoms with Gasteiger partial charge in [0.25, 0.3) is 0 Å². The number of aromatic nitrogens is 2. The minimum atomic E-state index is 1.10. The first-order valence-electron chi connectivity index (χ1n) is 12.9. The van der Waals surface area contributed by atoms with E-state index in [-0.39, 0.29) is 0 Å². The van der Waals surface area contributed by atoms with Gasteiger partial charge in [-0.1, -0.05) is 108 Å². The summed E-state index contributed by atoms with van der Waals surface area (Å²) in [5.74, 6) is 1.34. The van der Waals surface area contributed by atoms with Gasteiger partial charge in [-0.25, -0.2) is 4.98 Å². The van der Waals surface area contributed by atoms with Crippen LogP contribution in [0.5, 0.6) is 0 Å². The van der Waals surface area contributed by atoms with Gasteiger partial charge in [0.05, 0.1) is 5.69 Å². The number of hydrogen-bond acceptors (Lipinski definition) is 1. The highest BCUT2D eigenvalue weighted by Crippen LogP contribution is 2.15. The molecule has 2 rings (SSSR count). The number of benzene rings is 1. The smallest absolute Gasteiger partial charge is 0.108 e. The van der Waals surface area contributed by atoms with Crippen LogP contribution in [0.25, 0.3) is 0 Å². The fraction of sp³-hybridized carbons (Fsp3) is 0.679. The molecule has 0 aliphatic carbocycles. The van der Waals surface area contributed by atoms with Crippen molar-refractivity contribution >= 4 is 0 Å². The highest BCUT2D eigenvalue weighted by molar-refractivity contribution is 5.15. The van der Waals surface area contributed by atoms with Gasteiger partial charge in [-0.3, -0.25) is 0 Å². The Morgan fingerprint density at radius 2 is 1.27 bits per heavy atom. The van der Waals surface area contributed by atoms with Crippen LogP contribution in [0.2, 0.25) is 0 Å². The number of nitrogens with zero attached hydrogens (tertiary/aromatic N) is 2. The van der Waals surface area contributed by atoms with Crippen molar-refractivity contribution in [1.29, 1.82) is 0 Å². The maximum atomic E-state index is 5.07. The number of unbranched alkanes of at least 4 members (excludes halogenated alkanes) is 10. The molecule has 0 saturated carbocycles. The highest BCUT2D eigenvalue weighted by Gasteiger charge is 2.08. The normalized spacial score (nSPS) is 11.3. The van der Waals surface area contributed by atoms with Crippen molar-refractivity contribution in [2.24, 2.45) is 0 Å². The van der Waals surface area contributed by atoms with E-state index in [0.29, 0.717) is 0 Å². The molecule has 1 aromatic heterocycles. The number of aryl methyl sites for hydroxylation is 4. The summed E-state index contributed by atoms with van der Waals surface area (Å²) < 4.78 is 2.49. The second-order valence-electron chi connectivity index (χ2n) is 8.97. The summed E-state index contributed by atoms with van der Waals surface area (Å²) in [6.07, 6.45) is 23.3. The molecule has 2 aromatic rings. The van der Waals surface area contributed by atoms with Crippen LogP contribution in [0.15, 0.2) is 36.5 Å². The van der Waals surface area contributed by atoms with E-state index in [1.807, 2.05) is 0 Å². The van der Waals surface area contributed by atoms with Gasteiger partial charge in [-0.15, -0.1) is 0 Å². The average Bonchev–Trinajstić information content (AvgIpc) is 3.15. The topological polar surface area (TPSA) is 17.8 Å². The summed E-state index contributed by atoms with van der Waals surface area (Å²) in [6, 6.07) is 10.9. The zero-order valence-electron chi connectivity index (χ0n) is 19.9. The lowest BCUT2D eigenvalue weighted by Crippen LogP contribution is -2.03. The van der Waals surface area contributed by atoms with Crippen molar-refractivity contribution in [2.75, 3.05) is 0 Å². The van der Waals surface area contributed by atoms with Crippen molar-refractivity contribution < 1.29 is 0 Å². The van der Waals surface area contributed by atoms with Crippen LogP contribution in [-0.4, -0.2) is 9.55 Å². The van der Waals surface area contributed by atoms with E-state index < -0.39 is 0 Å². The Bertz CT molecular complexity index is 610. The number of imidazole rings is 1. The molecule has 0 amide bonds. The predicted molar refractivity (Wildman–Crippen MR) is 131 cm³/mol. The van der Waals surface area contributed by atoms with Crippen molar-refractivity contribution in [1.82, 2.24) is 9.55 Å². The molecule has 30 heavy (non-hydrogen) atoms. The van der Waals surface area contributed by atoms with E-state index in [1.165, 1.54) is 101 Å². The van der Waals surface area contributed by atoms with Crippen molar-refractivity contribution in [3.63, 3.8) is 0 Å². The third kappa shape index (κ3) is 10.5. The summed E-state index contributed by atoms with van der Waals surface area (Å²) in [4.78, 5) is 5.07. The molecule has 0 atom stereocenters. The molecular weight excluding hydrogens is 364 g/mol. The first kappa shape index (κ1) is 24.7. The van der Waals surface area contributed by atoms with Crippen LogP contribution in [-0.2, 0) is 25.8 Å². The lowest BCUT2D eigenvalue weighted by Gasteiger charge is -2.08. The van der Waals surface area contributed by atoms with Gasteiger partial charge in [0.2, 0.25) is 0 Å². The molecule has 0 aliphatic rings. The number of rotatable bonds is 18. The summed E-state index contributed by atoms with van der Waals surface area (Å²) in [5.41, 5.74) is 2.74. The molecule has 0 N–H and O–H groups in total. The Kier molecular flexibility index (Phi) is 13.3. The van der Waals surface area contributed by atoms with Crippen LogP contribution in [0.1, 0.15) is 114 Å². The lowest BCUT2D eigenvalue weighted by atomic mass is 10.1. The minimum absolute atomic E-state index is 1.10.